The van der Waals surface area contributed by atoms with E-state index in [4.69, 9.17) is 19.3 Å². The summed E-state index contributed by atoms with van der Waals surface area (Å²) in [5.74, 6) is 0. The van der Waals surface area contributed by atoms with Gasteiger partial charge in [0.05, 0.1) is 0 Å². The molecule has 5 heteroatoms. The van der Waals surface area contributed by atoms with Crippen molar-refractivity contribution in [2.45, 2.75) is 49.8 Å². The Labute approximate surface area is 135 Å². The third kappa shape index (κ3) is 3.38. The highest BCUT2D eigenvalue weighted by Gasteiger charge is 2.58. The van der Waals surface area contributed by atoms with E-state index >= 15 is 0 Å². The van der Waals surface area contributed by atoms with Crippen molar-refractivity contribution in [2.75, 3.05) is 27.1 Å². The minimum atomic E-state index is -2.30. The van der Waals surface area contributed by atoms with Crippen LogP contribution in [-0.2, 0) is 20.0 Å². The first-order valence-electron chi connectivity index (χ1n) is 8.11. The lowest BCUT2D eigenvalue weighted by molar-refractivity contribution is -0.0156. The van der Waals surface area contributed by atoms with E-state index in [2.05, 4.69) is 12.1 Å². The molecule has 124 valence electrons. The fraction of sp³-hybridized carbons (Fsp3) is 0.647. The summed E-state index contributed by atoms with van der Waals surface area (Å²) in [6.07, 6.45) is 6.50. The van der Waals surface area contributed by atoms with E-state index in [-0.39, 0.29) is 5.22 Å². The van der Waals surface area contributed by atoms with Crippen molar-refractivity contribution in [3.63, 3.8) is 0 Å². The predicted octanol–water partition coefficient (Wildman–Crippen LogP) is 3.43. The first kappa shape index (κ1) is 17.5. The second-order valence-electron chi connectivity index (χ2n) is 6.16. The van der Waals surface area contributed by atoms with Gasteiger partial charge in [0.15, 0.2) is 0 Å². The lowest BCUT2D eigenvalue weighted by Crippen LogP contribution is -2.64. The van der Waals surface area contributed by atoms with E-state index in [9.17, 15) is 0 Å². The molecular formula is C17H29NO3Si. The highest BCUT2D eigenvalue weighted by Crippen LogP contribution is 2.42. The molecule has 0 amide bonds. The highest BCUT2D eigenvalue weighted by atomic mass is 28.4. The van der Waals surface area contributed by atoms with Crippen LogP contribution in [0.1, 0.15) is 37.7 Å². The summed E-state index contributed by atoms with van der Waals surface area (Å²) in [5.41, 5.74) is 7.87. The van der Waals surface area contributed by atoms with Gasteiger partial charge in [0.1, 0.15) is 5.22 Å². The van der Waals surface area contributed by atoms with Gasteiger partial charge in [-0.1, -0.05) is 25.0 Å². The molecule has 2 N–H and O–H groups in total. The van der Waals surface area contributed by atoms with Crippen molar-refractivity contribution in [3.8, 4) is 0 Å². The normalized spacial score (nSPS) is 24.3. The van der Waals surface area contributed by atoms with Crippen molar-refractivity contribution in [3.05, 3.63) is 29.8 Å². The van der Waals surface area contributed by atoms with Crippen molar-refractivity contribution in [1.82, 2.24) is 0 Å². The fourth-order valence-corrected chi connectivity index (χ4v) is 7.70. The minimum Gasteiger partial charge on any atom is -0.399 e. The Kier molecular flexibility index (Phi) is 6.03. The van der Waals surface area contributed by atoms with Crippen LogP contribution in [0.25, 0.3) is 0 Å². The molecule has 1 unspecified atom stereocenters. The number of ether oxygens (including phenoxy) is 1. The number of nitrogen functional groups attached to an aromatic ring is 1. The van der Waals surface area contributed by atoms with Gasteiger partial charge < -0.3 is 19.3 Å². The van der Waals surface area contributed by atoms with Crippen molar-refractivity contribution >= 4 is 14.2 Å². The molecule has 4 nitrogen and oxygen atoms in total. The van der Waals surface area contributed by atoms with Crippen LogP contribution in [0.4, 0.5) is 5.69 Å². The van der Waals surface area contributed by atoms with Crippen LogP contribution in [0.5, 0.6) is 0 Å². The molecule has 1 aromatic rings. The monoisotopic (exact) mass is 323 g/mol. The Hall–Kier alpha value is -0.883. The molecule has 1 aromatic carbocycles. The van der Waals surface area contributed by atoms with Gasteiger partial charge in [0.25, 0.3) is 0 Å². The number of aryl methyl sites for hydroxylation is 1. The lowest BCUT2D eigenvalue weighted by Gasteiger charge is -2.48. The van der Waals surface area contributed by atoms with Crippen LogP contribution in [-0.4, -0.2) is 35.1 Å². The van der Waals surface area contributed by atoms with Crippen LogP contribution in [0, 0.1) is 0 Å². The Morgan fingerprint density at radius 3 is 2.36 bits per heavy atom. The topological polar surface area (TPSA) is 53.7 Å². The summed E-state index contributed by atoms with van der Waals surface area (Å²) in [6.45, 7) is 0. The van der Waals surface area contributed by atoms with Crippen LogP contribution in [0.3, 0.4) is 0 Å². The van der Waals surface area contributed by atoms with Crippen molar-refractivity contribution in [1.29, 1.82) is 0 Å². The minimum absolute atomic E-state index is 0.220. The molecule has 0 spiro atoms. The molecule has 0 radical (unpaired) electrons. The van der Waals surface area contributed by atoms with Crippen LogP contribution >= 0.6 is 0 Å². The molecule has 22 heavy (non-hydrogen) atoms. The Balaban J connectivity index is 2.04. The number of hydrogen-bond acceptors (Lipinski definition) is 4. The fourth-order valence-electron chi connectivity index (χ4n) is 3.78. The van der Waals surface area contributed by atoms with E-state index in [1.807, 2.05) is 19.2 Å². The molecule has 1 saturated heterocycles. The summed E-state index contributed by atoms with van der Waals surface area (Å²) in [5, 5.41) is -0.220. The van der Waals surface area contributed by atoms with Gasteiger partial charge in [-0.25, -0.2) is 0 Å². The summed E-state index contributed by atoms with van der Waals surface area (Å²) in [7, 11) is 3.09. The van der Waals surface area contributed by atoms with Gasteiger partial charge in [-0.05, 0) is 49.4 Å². The average molecular weight is 324 g/mol. The first-order chi connectivity index (χ1) is 10.6. The number of benzene rings is 1. The van der Waals surface area contributed by atoms with E-state index in [1.54, 1.807) is 14.2 Å². The van der Waals surface area contributed by atoms with Gasteiger partial charge in [-0.2, -0.15) is 0 Å². The van der Waals surface area contributed by atoms with Gasteiger partial charge in [0, 0.05) is 27.0 Å². The zero-order chi connectivity index (χ0) is 16.1. The van der Waals surface area contributed by atoms with E-state index < -0.39 is 8.56 Å². The summed E-state index contributed by atoms with van der Waals surface area (Å²) in [4.78, 5) is 0. The molecule has 1 atom stereocenters. The molecule has 1 fully saturated rings. The maximum absolute atomic E-state index is 6.03. The second-order valence-corrected chi connectivity index (χ2v) is 9.90. The van der Waals surface area contributed by atoms with Gasteiger partial charge in [-0.3, -0.25) is 0 Å². The second kappa shape index (κ2) is 7.59. The lowest BCUT2D eigenvalue weighted by atomic mass is 10.0. The Morgan fingerprint density at radius 2 is 1.77 bits per heavy atom. The van der Waals surface area contributed by atoms with Crippen LogP contribution in [0.15, 0.2) is 24.3 Å². The summed E-state index contributed by atoms with van der Waals surface area (Å²) >= 11 is 0. The molecule has 1 aliphatic heterocycles. The molecule has 0 bridgehead atoms. The maximum Gasteiger partial charge on any atom is 0.370 e. The number of hydrogen-bond donors (Lipinski definition) is 1. The molecule has 0 aromatic heterocycles. The highest BCUT2D eigenvalue weighted by molar-refractivity contribution is 6.70. The third-order valence-electron chi connectivity index (χ3n) is 5.11. The summed E-state index contributed by atoms with van der Waals surface area (Å²) in [6, 6.07) is 9.16. The number of nitrogens with two attached hydrogens (primary N) is 1. The largest absolute Gasteiger partial charge is 0.399 e. The van der Waals surface area contributed by atoms with Gasteiger partial charge in [-0.15, -0.1) is 0 Å². The van der Waals surface area contributed by atoms with Crippen molar-refractivity contribution < 1.29 is 13.6 Å². The molecular weight excluding hydrogens is 294 g/mol. The zero-order valence-corrected chi connectivity index (χ0v) is 15.1. The molecule has 0 aliphatic carbocycles. The molecule has 1 heterocycles. The average Bonchev–Trinajstić information content (AvgIpc) is 2.57. The number of anilines is 1. The standard InChI is InChI=1S/C17H29NO3Si/c1-19-17(12-4-5-14-22(17,20-2)21-3)13-6-7-15-8-10-16(18)11-9-15/h8-11H,4-7,12-14,18H2,1-3H3. The first-order valence-corrected chi connectivity index (χ1v) is 10.1. The third-order valence-corrected chi connectivity index (χ3v) is 9.53. The molecule has 1 aliphatic rings. The Morgan fingerprint density at radius 1 is 1.09 bits per heavy atom. The van der Waals surface area contributed by atoms with Gasteiger partial charge in [0.2, 0.25) is 0 Å². The SMILES string of the molecule is COC1(CCCc2ccc(N)cc2)CCCC[Si]1(OC)OC. The quantitative estimate of drug-likeness (QED) is 0.617. The van der Waals surface area contributed by atoms with Crippen LogP contribution in [0.2, 0.25) is 6.04 Å². The predicted molar refractivity (Wildman–Crippen MR) is 92.0 cm³/mol. The Bertz CT molecular complexity index is 461. The van der Waals surface area contributed by atoms with E-state index in [1.165, 1.54) is 18.4 Å². The van der Waals surface area contributed by atoms with E-state index in [0.29, 0.717) is 0 Å². The smallest absolute Gasteiger partial charge is 0.370 e. The van der Waals surface area contributed by atoms with Crippen molar-refractivity contribution in [2.24, 2.45) is 0 Å². The molecule has 2 rings (SSSR count). The van der Waals surface area contributed by atoms with Gasteiger partial charge >= 0.3 is 8.56 Å². The maximum atomic E-state index is 6.03. The summed E-state index contributed by atoms with van der Waals surface area (Å²) < 4.78 is 17.9. The molecule has 0 saturated carbocycles. The zero-order valence-electron chi connectivity index (χ0n) is 14.1. The number of rotatable bonds is 7. The van der Waals surface area contributed by atoms with E-state index in [0.717, 1.165) is 37.4 Å². The van der Waals surface area contributed by atoms with Crippen LogP contribution < -0.4 is 5.73 Å². The number of methoxy groups -OCH3 is 1.